The van der Waals surface area contributed by atoms with E-state index in [9.17, 15) is 19.5 Å². The molecule has 0 saturated heterocycles. The number of aromatic carboxylic acids is 1. The van der Waals surface area contributed by atoms with Crippen molar-refractivity contribution in [2.45, 2.75) is 13.8 Å². The van der Waals surface area contributed by atoms with Gasteiger partial charge < -0.3 is 14.6 Å². The van der Waals surface area contributed by atoms with E-state index in [4.69, 9.17) is 9.47 Å². The summed E-state index contributed by atoms with van der Waals surface area (Å²) >= 11 is 0. The van der Waals surface area contributed by atoms with E-state index in [2.05, 4.69) is 6.58 Å². The summed E-state index contributed by atoms with van der Waals surface area (Å²) in [7, 11) is 0. The van der Waals surface area contributed by atoms with Crippen LogP contribution in [-0.4, -0.2) is 29.6 Å². The Kier molecular flexibility index (Phi) is 5.02. The number of carbonyl (C=O) groups excluding carboxylic acids is 2. The summed E-state index contributed by atoms with van der Waals surface area (Å²) in [5, 5.41) is 9.19. The zero-order valence-corrected chi connectivity index (χ0v) is 11.1. The van der Waals surface area contributed by atoms with Crippen molar-refractivity contribution < 1.29 is 29.0 Å². The maximum absolute atomic E-state index is 11.7. The average molecular weight is 278 g/mol. The number of rotatable bonds is 5. The minimum absolute atomic E-state index is 0.105. The molecule has 0 aromatic heterocycles. The highest BCUT2D eigenvalue weighted by atomic mass is 16.5. The first-order valence-electron chi connectivity index (χ1n) is 5.79. The Morgan fingerprint density at radius 2 is 1.95 bits per heavy atom. The monoisotopic (exact) mass is 278 g/mol. The fourth-order valence-corrected chi connectivity index (χ4v) is 1.40. The molecule has 0 fully saturated rings. The maximum Gasteiger partial charge on any atom is 0.340 e. The van der Waals surface area contributed by atoms with Crippen molar-refractivity contribution >= 4 is 17.9 Å². The molecule has 1 rings (SSSR count). The van der Waals surface area contributed by atoms with Crippen LogP contribution in [0.15, 0.2) is 30.4 Å². The fraction of sp³-hybridized carbons (Fsp3) is 0.214. The van der Waals surface area contributed by atoms with Gasteiger partial charge in [0.1, 0.15) is 11.3 Å². The normalized spacial score (nSPS) is 9.70. The third-order valence-electron chi connectivity index (χ3n) is 2.29. The molecule has 0 bridgehead atoms. The van der Waals surface area contributed by atoms with Gasteiger partial charge in [-0.2, -0.15) is 0 Å². The molecule has 0 atom stereocenters. The van der Waals surface area contributed by atoms with Gasteiger partial charge in [0.05, 0.1) is 12.2 Å². The van der Waals surface area contributed by atoms with Crippen LogP contribution in [0.25, 0.3) is 0 Å². The molecule has 20 heavy (non-hydrogen) atoms. The molecule has 0 aliphatic rings. The Bertz CT molecular complexity index is 573. The van der Waals surface area contributed by atoms with Gasteiger partial charge in [-0.3, -0.25) is 0 Å². The lowest BCUT2D eigenvalue weighted by molar-refractivity contribution is -0.130. The molecule has 0 aliphatic heterocycles. The largest absolute Gasteiger partial charge is 0.478 e. The average Bonchev–Trinajstić information content (AvgIpc) is 2.38. The smallest absolute Gasteiger partial charge is 0.340 e. The molecule has 0 aliphatic carbocycles. The predicted octanol–water partition coefficient (Wildman–Crippen LogP) is 2.04. The van der Waals surface area contributed by atoms with Crippen molar-refractivity contribution in [1.29, 1.82) is 0 Å². The zero-order valence-electron chi connectivity index (χ0n) is 11.1. The summed E-state index contributed by atoms with van der Waals surface area (Å²) in [5.74, 6) is -3.18. The fourth-order valence-electron chi connectivity index (χ4n) is 1.40. The summed E-state index contributed by atoms with van der Waals surface area (Å²) < 4.78 is 9.68. The highest BCUT2D eigenvalue weighted by molar-refractivity contribution is 6.05. The van der Waals surface area contributed by atoms with Gasteiger partial charge in [0, 0.05) is 5.57 Å². The number of carboxylic acid groups (broad SMARTS) is 1. The van der Waals surface area contributed by atoms with Crippen LogP contribution in [0, 0.1) is 0 Å². The number of carbonyl (C=O) groups is 3. The molecule has 6 heteroatoms. The number of esters is 2. The topological polar surface area (TPSA) is 89.9 Å². The van der Waals surface area contributed by atoms with Crippen LogP contribution in [0.3, 0.4) is 0 Å². The molecular weight excluding hydrogens is 264 g/mol. The van der Waals surface area contributed by atoms with E-state index in [1.54, 1.807) is 6.92 Å². The minimum atomic E-state index is -1.39. The number of ether oxygens (including phenoxy) is 2. The van der Waals surface area contributed by atoms with Crippen LogP contribution in [0.4, 0.5) is 0 Å². The predicted molar refractivity (Wildman–Crippen MR) is 69.8 cm³/mol. The molecule has 0 saturated carbocycles. The van der Waals surface area contributed by atoms with Gasteiger partial charge in [0.2, 0.25) is 0 Å². The standard InChI is InChI=1S/C14H14O6/c1-4-19-14(18)9-6-5-7-10(11(9)12(15)16)20-13(17)8(2)3/h5-7H,2,4H2,1,3H3,(H,15,16). The molecular formula is C14H14O6. The third kappa shape index (κ3) is 3.44. The van der Waals surface area contributed by atoms with E-state index in [1.807, 2.05) is 0 Å². The summed E-state index contributed by atoms with van der Waals surface area (Å²) in [6.07, 6.45) is 0. The first kappa shape index (κ1) is 15.4. The van der Waals surface area contributed by atoms with Crippen molar-refractivity contribution in [3.05, 3.63) is 41.5 Å². The lowest BCUT2D eigenvalue weighted by atomic mass is 10.1. The molecule has 0 radical (unpaired) electrons. The van der Waals surface area contributed by atoms with Crippen LogP contribution in [0.5, 0.6) is 5.75 Å². The van der Waals surface area contributed by atoms with E-state index in [-0.39, 0.29) is 23.5 Å². The molecule has 0 spiro atoms. The minimum Gasteiger partial charge on any atom is -0.478 e. The van der Waals surface area contributed by atoms with Gasteiger partial charge >= 0.3 is 17.9 Å². The van der Waals surface area contributed by atoms with Gasteiger partial charge in [-0.05, 0) is 26.0 Å². The molecule has 0 amide bonds. The van der Waals surface area contributed by atoms with Crippen LogP contribution >= 0.6 is 0 Å². The van der Waals surface area contributed by atoms with Gasteiger partial charge in [-0.25, -0.2) is 14.4 Å². The number of carboxylic acids is 1. The van der Waals surface area contributed by atoms with E-state index in [1.165, 1.54) is 25.1 Å². The van der Waals surface area contributed by atoms with E-state index >= 15 is 0 Å². The second-order valence-electron chi connectivity index (χ2n) is 3.87. The van der Waals surface area contributed by atoms with Gasteiger partial charge in [-0.1, -0.05) is 12.6 Å². The van der Waals surface area contributed by atoms with E-state index in [0.29, 0.717) is 0 Å². The second-order valence-corrected chi connectivity index (χ2v) is 3.87. The van der Waals surface area contributed by atoms with Crippen LogP contribution < -0.4 is 4.74 Å². The van der Waals surface area contributed by atoms with Crippen molar-refractivity contribution in [2.75, 3.05) is 6.61 Å². The SMILES string of the molecule is C=C(C)C(=O)Oc1cccc(C(=O)OCC)c1C(=O)O. The third-order valence-corrected chi connectivity index (χ3v) is 2.29. The highest BCUT2D eigenvalue weighted by Gasteiger charge is 2.23. The van der Waals surface area contributed by atoms with E-state index < -0.39 is 23.5 Å². The van der Waals surface area contributed by atoms with Gasteiger partial charge in [0.25, 0.3) is 0 Å². The molecule has 6 nitrogen and oxygen atoms in total. The lowest BCUT2D eigenvalue weighted by Crippen LogP contribution is -2.16. The molecule has 0 heterocycles. The molecule has 1 aromatic carbocycles. The quantitative estimate of drug-likeness (QED) is 0.503. The number of benzene rings is 1. The van der Waals surface area contributed by atoms with Crippen LogP contribution in [0.2, 0.25) is 0 Å². The van der Waals surface area contributed by atoms with Crippen molar-refractivity contribution in [2.24, 2.45) is 0 Å². The zero-order chi connectivity index (χ0) is 15.3. The van der Waals surface area contributed by atoms with Crippen LogP contribution in [-0.2, 0) is 9.53 Å². The highest BCUT2D eigenvalue weighted by Crippen LogP contribution is 2.24. The number of hydrogen-bond acceptors (Lipinski definition) is 5. The summed E-state index contributed by atoms with van der Waals surface area (Å²) in [6.45, 7) is 6.53. The summed E-state index contributed by atoms with van der Waals surface area (Å²) in [5.41, 5.74) is -0.477. The second kappa shape index (κ2) is 6.51. The van der Waals surface area contributed by atoms with Crippen LogP contribution in [0.1, 0.15) is 34.6 Å². The molecule has 106 valence electrons. The Morgan fingerprint density at radius 1 is 1.30 bits per heavy atom. The Labute approximate surface area is 115 Å². The molecule has 1 aromatic rings. The van der Waals surface area contributed by atoms with Crippen molar-refractivity contribution in [1.82, 2.24) is 0 Å². The molecule has 1 N–H and O–H groups in total. The Balaban J connectivity index is 3.28. The Hall–Kier alpha value is -2.63. The van der Waals surface area contributed by atoms with Crippen molar-refractivity contribution in [3.8, 4) is 5.75 Å². The van der Waals surface area contributed by atoms with Gasteiger partial charge in [-0.15, -0.1) is 0 Å². The maximum atomic E-state index is 11.7. The van der Waals surface area contributed by atoms with Crippen molar-refractivity contribution in [3.63, 3.8) is 0 Å². The number of hydrogen-bond donors (Lipinski definition) is 1. The lowest BCUT2D eigenvalue weighted by Gasteiger charge is -2.11. The van der Waals surface area contributed by atoms with E-state index in [0.717, 1.165) is 0 Å². The van der Waals surface area contributed by atoms with Gasteiger partial charge in [0.15, 0.2) is 0 Å². The molecule has 0 unspecified atom stereocenters. The first-order chi connectivity index (χ1) is 9.38. The Morgan fingerprint density at radius 3 is 2.45 bits per heavy atom. The first-order valence-corrected chi connectivity index (χ1v) is 5.79. The summed E-state index contributed by atoms with van der Waals surface area (Å²) in [4.78, 5) is 34.4. The summed E-state index contributed by atoms with van der Waals surface area (Å²) in [6, 6.07) is 3.98.